The van der Waals surface area contributed by atoms with Crippen molar-refractivity contribution in [2.24, 2.45) is 10.2 Å². The molecule has 2 rings (SSSR count). The predicted molar refractivity (Wildman–Crippen MR) is 64.3 cm³/mol. The quantitative estimate of drug-likeness (QED) is 0.597. The van der Waals surface area contributed by atoms with Gasteiger partial charge in [0.05, 0.1) is 5.71 Å². The molecule has 0 unspecified atom stereocenters. The fourth-order valence-electron chi connectivity index (χ4n) is 1.70. The molecule has 92 valence electrons. The van der Waals surface area contributed by atoms with E-state index in [9.17, 15) is 4.39 Å². The molecule has 0 bridgehead atoms. The molecule has 0 radical (unpaired) electrons. The van der Waals surface area contributed by atoms with E-state index in [4.69, 9.17) is 0 Å². The van der Waals surface area contributed by atoms with Crippen molar-refractivity contribution < 1.29 is 21.5 Å². The summed E-state index contributed by atoms with van der Waals surface area (Å²) in [5, 5.41) is 8.07. The molecular formula is C13H14FFeN2-. The molecule has 0 aliphatic carbocycles. The summed E-state index contributed by atoms with van der Waals surface area (Å²) >= 11 is 0. The molecule has 0 saturated heterocycles. The van der Waals surface area contributed by atoms with Crippen molar-refractivity contribution in [2.75, 3.05) is 0 Å². The normalized spacial score (nSPS) is 13.8. The minimum absolute atomic E-state index is 0. The van der Waals surface area contributed by atoms with Gasteiger partial charge in [0.15, 0.2) is 0 Å². The first-order valence-electron chi connectivity index (χ1n) is 5.46. The largest absolute Gasteiger partial charge is 0.347 e. The van der Waals surface area contributed by atoms with E-state index < -0.39 is 0 Å². The Bertz CT molecular complexity index is 466. The van der Waals surface area contributed by atoms with Crippen LogP contribution in [0.5, 0.6) is 0 Å². The molecule has 1 aliphatic heterocycles. The first-order valence-corrected chi connectivity index (χ1v) is 5.46. The monoisotopic (exact) mass is 273 g/mol. The zero-order valence-corrected chi connectivity index (χ0v) is 11.0. The average molecular weight is 273 g/mol. The van der Waals surface area contributed by atoms with E-state index in [1.54, 1.807) is 6.07 Å². The molecule has 0 amide bonds. The molecule has 0 aromatic heterocycles. The van der Waals surface area contributed by atoms with Crippen LogP contribution in [0.25, 0.3) is 0 Å². The molecule has 2 nitrogen and oxygen atoms in total. The summed E-state index contributed by atoms with van der Waals surface area (Å²) in [4.78, 5) is 0. The van der Waals surface area contributed by atoms with Crippen LogP contribution in [0.2, 0.25) is 0 Å². The second-order valence-corrected chi connectivity index (χ2v) is 3.76. The number of aryl methyl sites for hydroxylation is 1. The Hall–Kier alpha value is -1.12. The van der Waals surface area contributed by atoms with Crippen LogP contribution in [0.4, 0.5) is 4.39 Å². The van der Waals surface area contributed by atoms with Crippen LogP contribution in [0.3, 0.4) is 0 Å². The number of halogens is 1. The maximum Gasteiger partial charge on any atom is 0.127 e. The molecular weight excluding hydrogens is 259 g/mol. The third-order valence-corrected chi connectivity index (χ3v) is 2.75. The Kier molecular flexibility index (Phi) is 4.91. The van der Waals surface area contributed by atoms with Gasteiger partial charge in [0.1, 0.15) is 5.82 Å². The van der Waals surface area contributed by atoms with E-state index in [0.717, 1.165) is 22.6 Å². The Morgan fingerprint density at radius 1 is 1.35 bits per heavy atom. The Balaban J connectivity index is 0.00000144. The maximum absolute atomic E-state index is 13.6. The van der Waals surface area contributed by atoms with E-state index in [0.29, 0.717) is 12.8 Å². The van der Waals surface area contributed by atoms with Gasteiger partial charge in [-0.1, -0.05) is 24.8 Å². The van der Waals surface area contributed by atoms with Gasteiger partial charge >= 0.3 is 0 Å². The van der Waals surface area contributed by atoms with Gasteiger partial charge in [-0.25, -0.2) is 4.39 Å². The number of nitrogens with zero attached hydrogens (tertiary/aromatic N) is 2. The average Bonchev–Trinajstić information content (AvgIpc) is 2.77. The van der Waals surface area contributed by atoms with E-state index in [-0.39, 0.29) is 22.9 Å². The van der Waals surface area contributed by atoms with Gasteiger partial charge in [0.25, 0.3) is 0 Å². The van der Waals surface area contributed by atoms with E-state index in [1.165, 1.54) is 0 Å². The van der Waals surface area contributed by atoms with Gasteiger partial charge in [-0.3, -0.25) is 0 Å². The van der Waals surface area contributed by atoms with Gasteiger partial charge in [-0.05, 0) is 18.1 Å². The van der Waals surface area contributed by atoms with E-state index >= 15 is 0 Å². The minimum Gasteiger partial charge on any atom is -0.347 e. The van der Waals surface area contributed by atoms with Crippen molar-refractivity contribution in [3.8, 4) is 0 Å². The number of hydrogen-bond acceptors (Lipinski definition) is 2. The standard InChI is InChI=1S/C13H14FN2.Fe/c1-3-9-5-6-10(7-12(9)14)13-8-11(4-2)15-16-13;/h4-7H,3,8H2,1-2H3;/q-1;. The molecule has 17 heavy (non-hydrogen) atoms. The Morgan fingerprint density at radius 2 is 2.12 bits per heavy atom. The maximum atomic E-state index is 13.6. The molecule has 0 fully saturated rings. The van der Waals surface area contributed by atoms with Crippen molar-refractivity contribution >= 4 is 11.4 Å². The molecule has 1 aromatic rings. The summed E-state index contributed by atoms with van der Waals surface area (Å²) in [5.41, 5.74) is 3.35. The van der Waals surface area contributed by atoms with Crippen LogP contribution < -0.4 is 0 Å². The molecule has 1 heterocycles. The van der Waals surface area contributed by atoms with Crippen molar-refractivity contribution in [2.45, 2.75) is 26.7 Å². The van der Waals surface area contributed by atoms with Crippen molar-refractivity contribution in [3.63, 3.8) is 0 Å². The fourth-order valence-corrected chi connectivity index (χ4v) is 1.70. The van der Waals surface area contributed by atoms with Gasteiger partial charge in [-0.15, -0.1) is 0 Å². The summed E-state index contributed by atoms with van der Waals surface area (Å²) in [5.74, 6) is -0.156. The van der Waals surface area contributed by atoms with Gasteiger partial charge in [0.2, 0.25) is 0 Å². The van der Waals surface area contributed by atoms with Gasteiger partial charge in [0, 0.05) is 29.1 Å². The topological polar surface area (TPSA) is 24.7 Å². The van der Waals surface area contributed by atoms with Crippen LogP contribution in [0.1, 0.15) is 31.4 Å². The zero-order valence-electron chi connectivity index (χ0n) is 9.85. The number of benzene rings is 1. The van der Waals surface area contributed by atoms with Crippen molar-refractivity contribution in [3.05, 3.63) is 41.6 Å². The molecule has 1 aromatic carbocycles. The second-order valence-electron chi connectivity index (χ2n) is 3.76. The van der Waals surface area contributed by atoms with E-state index in [2.05, 4.69) is 10.2 Å². The third kappa shape index (κ3) is 2.96. The predicted octanol–water partition coefficient (Wildman–Crippen LogP) is 3.16. The first kappa shape index (κ1) is 13.9. The molecule has 0 N–H and O–H groups in total. The minimum atomic E-state index is -0.156. The van der Waals surface area contributed by atoms with Crippen molar-refractivity contribution in [1.82, 2.24) is 0 Å². The van der Waals surface area contributed by atoms with Crippen LogP contribution in [-0.2, 0) is 23.5 Å². The fraction of sp³-hybridized carbons (Fsp3) is 0.308. The molecule has 0 atom stereocenters. The van der Waals surface area contributed by atoms with Crippen LogP contribution >= 0.6 is 0 Å². The summed E-state index contributed by atoms with van der Waals surface area (Å²) in [7, 11) is 0. The number of hydrogen-bond donors (Lipinski definition) is 0. The smallest absolute Gasteiger partial charge is 0.127 e. The molecule has 0 spiro atoms. The number of rotatable bonds is 3. The third-order valence-electron chi connectivity index (χ3n) is 2.75. The SMILES string of the molecule is C[CH-]C1=NN=C(c2ccc(CC)c(F)c2)C1.[Fe]. The van der Waals surface area contributed by atoms with Crippen LogP contribution in [0, 0.1) is 12.2 Å². The van der Waals surface area contributed by atoms with Crippen LogP contribution in [-0.4, -0.2) is 11.4 Å². The Labute approximate surface area is 112 Å². The van der Waals surface area contributed by atoms with Gasteiger partial charge in [-0.2, -0.15) is 17.1 Å². The summed E-state index contributed by atoms with van der Waals surface area (Å²) in [6.45, 7) is 3.87. The van der Waals surface area contributed by atoms with E-state index in [1.807, 2.05) is 32.4 Å². The summed E-state index contributed by atoms with van der Waals surface area (Å²) in [6.07, 6.45) is 3.33. The van der Waals surface area contributed by atoms with Gasteiger partial charge < -0.3 is 6.42 Å². The van der Waals surface area contributed by atoms with Crippen molar-refractivity contribution in [1.29, 1.82) is 0 Å². The summed E-state index contributed by atoms with van der Waals surface area (Å²) < 4.78 is 13.6. The Morgan fingerprint density at radius 3 is 2.65 bits per heavy atom. The first-order chi connectivity index (χ1) is 7.74. The van der Waals surface area contributed by atoms with Crippen LogP contribution in [0.15, 0.2) is 28.4 Å². The molecule has 1 aliphatic rings. The molecule has 4 heteroatoms. The zero-order chi connectivity index (χ0) is 11.5. The second kappa shape index (κ2) is 5.99. The summed E-state index contributed by atoms with van der Waals surface area (Å²) in [6, 6.07) is 5.28. The molecule has 0 saturated carbocycles.